The zero-order valence-electron chi connectivity index (χ0n) is 14.0. The first-order valence-corrected chi connectivity index (χ1v) is 8.77. The maximum atomic E-state index is 12.4. The van der Waals surface area contributed by atoms with E-state index in [0.717, 1.165) is 25.6 Å². The number of carbonyl (C=O) groups excluding carboxylic acids is 1. The molecule has 1 unspecified atom stereocenters. The molecule has 2 rings (SSSR count). The highest BCUT2D eigenvalue weighted by Gasteiger charge is 2.41. The van der Waals surface area contributed by atoms with Crippen LogP contribution in [-0.2, 0) is 9.53 Å². The zero-order valence-corrected chi connectivity index (χ0v) is 14.0. The van der Waals surface area contributed by atoms with Crippen molar-refractivity contribution in [2.75, 3.05) is 26.2 Å². The minimum absolute atomic E-state index is 0.107. The predicted molar refractivity (Wildman–Crippen MR) is 85.3 cm³/mol. The van der Waals surface area contributed by atoms with Crippen molar-refractivity contribution in [1.29, 1.82) is 0 Å². The number of piperidine rings is 1. The van der Waals surface area contributed by atoms with Crippen LogP contribution in [0.15, 0.2) is 0 Å². The van der Waals surface area contributed by atoms with Crippen molar-refractivity contribution in [2.24, 2.45) is 5.92 Å². The fourth-order valence-corrected chi connectivity index (χ4v) is 4.20. The van der Waals surface area contributed by atoms with Gasteiger partial charge in [-0.25, -0.2) is 0 Å². The van der Waals surface area contributed by atoms with Crippen LogP contribution in [-0.4, -0.2) is 48.7 Å². The molecular weight excluding hydrogens is 264 g/mol. The summed E-state index contributed by atoms with van der Waals surface area (Å²) in [5.41, 5.74) is -0.579. The number of hydrogen-bond acceptors (Lipinski definition) is 4. The van der Waals surface area contributed by atoms with E-state index in [9.17, 15) is 4.79 Å². The summed E-state index contributed by atoms with van der Waals surface area (Å²) >= 11 is 0. The fourth-order valence-electron chi connectivity index (χ4n) is 4.20. The average Bonchev–Trinajstić information content (AvgIpc) is 2.48. The number of nitrogens with zero attached hydrogens (tertiary/aromatic N) is 1. The second kappa shape index (κ2) is 7.59. The maximum absolute atomic E-state index is 12.4. The highest BCUT2D eigenvalue weighted by atomic mass is 16.5. The first kappa shape index (κ1) is 16.8. The van der Waals surface area contributed by atoms with Crippen LogP contribution in [0.4, 0.5) is 0 Å². The molecule has 0 radical (unpaired) electrons. The van der Waals surface area contributed by atoms with E-state index in [1.165, 1.54) is 38.5 Å². The molecule has 122 valence electrons. The Morgan fingerprint density at radius 1 is 1.24 bits per heavy atom. The first-order chi connectivity index (χ1) is 10.1. The van der Waals surface area contributed by atoms with Gasteiger partial charge in [0, 0.05) is 12.6 Å². The highest BCUT2D eigenvalue weighted by molar-refractivity contribution is 5.80. The number of nitrogens with one attached hydrogen (secondary N) is 1. The van der Waals surface area contributed by atoms with Gasteiger partial charge in [0.2, 0.25) is 0 Å². The third-order valence-electron chi connectivity index (χ3n) is 5.17. The van der Waals surface area contributed by atoms with Crippen LogP contribution >= 0.6 is 0 Å². The van der Waals surface area contributed by atoms with Crippen molar-refractivity contribution in [3.05, 3.63) is 0 Å². The molecule has 0 amide bonds. The molecule has 1 N–H and O–H groups in total. The lowest BCUT2D eigenvalue weighted by Gasteiger charge is -2.47. The lowest BCUT2D eigenvalue weighted by atomic mass is 9.78. The van der Waals surface area contributed by atoms with Gasteiger partial charge in [-0.15, -0.1) is 0 Å². The van der Waals surface area contributed by atoms with Crippen molar-refractivity contribution in [1.82, 2.24) is 10.2 Å². The summed E-state index contributed by atoms with van der Waals surface area (Å²) in [5, 5.41) is 3.37. The summed E-state index contributed by atoms with van der Waals surface area (Å²) in [7, 11) is 0. The van der Waals surface area contributed by atoms with E-state index in [1.807, 2.05) is 13.8 Å². The van der Waals surface area contributed by atoms with Gasteiger partial charge in [-0.05, 0) is 58.5 Å². The van der Waals surface area contributed by atoms with E-state index in [2.05, 4.69) is 17.1 Å². The molecule has 1 aliphatic heterocycles. The van der Waals surface area contributed by atoms with Gasteiger partial charge in [0.25, 0.3) is 0 Å². The van der Waals surface area contributed by atoms with Gasteiger partial charge in [-0.2, -0.15) is 0 Å². The molecule has 0 bridgehead atoms. The lowest BCUT2D eigenvalue weighted by molar-refractivity contribution is -0.152. The Morgan fingerprint density at radius 2 is 1.95 bits per heavy atom. The highest BCUT2D eigenvalue weighted by Crippen LogP contribution is 2.35. The SMILES string of the molecule is CCNC(C)(CN1CCC[C@H]2CCCC[C@H]21)C(=O)OCC. The van der Waals surface area contributed by atoms with Gasteiger partial charge >= 0.3 is 5.97 Å². The number of hydrogen-bond donors (Lipinski definition) is 1. The van der Waals surface area contributed by atoms with Gasteiger partial charge in [0.1, 0.15) is 5.54 Å². The molecule has 3 atom stereocenters. The van der Waals surface area contributed by atoms with Crippen LogP contribution in [0.2, 0.25) is 0 Å². The van der Waals surface area contributed by atoms with Gasteiger partial charge in [-0.1, -0.05) is 19.8 Å². The molecular formula is C17H32N2O2. The molecule has 0 spiro atoms. The molecule has 0 aromatic heterocycles. The minimum Gasteiger partial charge on any atom is -0.465 e. The minimum atomic E-state index is -0.579. The van der Waals surface area contributed by atoms with Crippen LogP contribution in [0.5, 0.6) is 0 Å². The summed E-state index contributed by atoms with van der Waals surface area (Å²) in [5.74, 6) is 0.741. The van der Waals surface area contributed by atoms with Crippen molar-refractivity contribution in [3.8, 4) is 0 Å². The summed E-state index contributed by atoms with van der Waals surface area (Å²) in [6.45, 7) is 9.08. The van der Waals surface area contributed by atoms with E-state index < -0.39 is 5.54 Å². The topological polar surface area (TPSA) is 41.6 Å². The fraction of sp³-hybridized carbons (Fsp3) is 0.941. The van der Waals surface area contributed by atoms with Gasteiger partial charge < -0.3 is 10.1 Å². The Morgan fingerprint density at radius 3 is 2.67 bits per heavy atom. The first-order valence-electron chi connectivity index (χ1n) is 8.77. The number of likely N-dealkylation sites (tertiary alicyclic amines) is 1. The van der Waals surface area contributed by atoms with E-state index in [1.54, 1.807) is 0 Å². The third kappa shape index (κ3) is 3.98. The van der Waals surface area contributed by atoms with Crippen molar-refractivity contribution in [2.45, 2.75) is 70.9 Å². The standard InChI is InChI=1S/C17H32N2O2/c1-4-18-17(3,16(20)21-5-2)13-19-12-8-10-14-9-6-7-11-15(14)19/h14-15,18H,4-13H2,1-3H3/t14-,15-,17?/m1/s1. The van der Waals surface area contributed by atoms with E-state index >= 15 is 0 Å². The number of rotatable bonds is 6. The smallest absolute Gasteiger partial charge is 0.327 e. The molecule has 1 saturated carbocycles. The molecule has 1 aliphatic carbocycles. The maximum Gasteiger partial charge on any atom is 0.327 e. The lowest BCUT2D eigenvalue weighted by Crippen LogP contribution is -2.61. The van der Waals surface area contributed by atoms with Gasteiger partial charge in [-0.3, -0.25) is 9.69 Å². The Kier molecular flexibility index (Phi) is 6.06. The monoisotopic (exact) mass is 296 g/mol. The second-order valence-corrected chi connectivity index (χ2v) is 6.81. The number of ether oxygens (including phenoxy) is 1. The van der Waals surface area contributed by atoms with E-state index in [4.69, 9.17) is 4.74 Å². The number of carbonyl (C=O) groups is 1. The number of fused-ring (bicyclic) bond motifs is 1. The second-order valence-electron chi connectivity index (χ2n) is 6.81. The predicted octanol–water partition coefficient (Wildman–Crippen LogP) is 2.57. The third-order valence-corrected chi connectivity index (χ3v) is 5.17. The number of likely N-dealkylation sites (N-methyl/N-ethyl adjacent to an activating group) is 1. The quantitative estimate of drug-likeness (QED) is 0.765. The Hall–Kier alpha value is -0.610. The van der Waals surface area contributed by atoms with Crippen LogP contribution < -0.4 is 5.32 Å². The molecule has 1 heterocycles. The molecule has 21 heavy (non-hydrogen) atoms. The molecule has 4 nitrogen and oxygen atoms in total. The van der Waals surface area contributed by atoms with E-state index in [0.29, 0.717) is 12.6 Å². The Bertz CT molecular complexity index is 346. The molecule has 0 aromatic carbocycles. The zero-order chi connectivity index (χ0) is 15.3. The molecule has 4 heteroatoms. The van der Waals surface area contributed by atoms with Crippen LogP contribution in [0.1, 0.15) is 59.3 Å². The van der Waals surface area contributed by atoms with Crippen LogP contribution in [0.3, 0.4) is 0 Å². The average molecular weight is 296 g/mol. The molecule has 2 fully saturated rings. The van der Waals surface area contributed by atoms with Gasteiger partial charge in [0.15, 0.2) is 0 Å². The van der Waals surface area contributed by atoms with Crippen molar-refractivity contribution >= 4 is 5.97 Å². The molecule has 1 saturated heterocycles. The van der Waals surface area contributed by atoms with E-state index in [-0.39, 0.29) is 5.97 Å². The Balaban J connectivity index is 2.05. The van der Waals surface area contributed by atoms with Crippen LogP contribution in [0, 0.1) is 5.92 Å². The van der Waals surface area contributed by atoms with Crippen LogP contribution in [0.25, 0.3) is 0 Å². The largest absolute Gasteiger partial charge is 0.465 e. The molecule has 2 aliphatic rings. The summed E-state index contributed by atoms with van der Waals surface area (Å²) in [6, 6.07) is 0.680. The van der Waals surface area contributed by atoms with Crippen molar-refractivity contribution < 1.29 is 9.53 Å². The summed E-state index contributed by atoms with van der Waals surface area (Å²) in [6.07, 6.45) is 8.05. The Labute approximate surface area is 129 Å². The summed E-state index contributed by atoms with van der Waals surface area (Å²) in [4.78, 5) is 14.9. The summed E-state index contributed by atoms with van der Waals surface area (Å²) < 4.78 is 5.31. The van der Waals surface area contributed by atoms with Gasteiger partial charge in [0.05, 0.1) is 6.61 Å². The van der Waals surface area contributed by atoms with Crippen molar-refractivity contribution in [3.63, 3.8) is 0 Å². The normalized spacial score (nSPS) is 29.5. The number of esters is 1. The molecule has 0 aromatic rings.